The minimum atomic E-state index is -0.431. The summed E-state index contributed by atoms with van der Waals surface area (Å²) in [7, 11) is 0. The van der Waals surface area contributed by atoms with Crippen LogP contribution in [0.3, 0.4) is 0 Å². The summed E-state index contributed by atoms with van der Waals surface area (Å²) in [6.07, 6.45) is 0. The van der Waals surface area contributed by atoms with Crippen molar-refractivity contribution in [1.29, 1.82) is 0 Å². The molecular formula is C17H20N2O4S. The van der Waals surface area contributed by atoms with Crippen molar-refractivity contribution in [2.45, 2.75) is 27.7 Å². The highest BCUT2D eigenvalue weighted by Gasteiger charge is 2.17. The Morgan fingerprint density at radius 1 is 1.17 bits per heavy atom. The van der Waals surface area contributed by atoms with Gasteiger partial charge in [-0.15, -0.1) is 0 Å². The molecule has 1 amide bonds. The van der Waals surface area contributed by atoms with E-state index in [-0.39, 0.29) is 12.5 Å². The van der Waals surface area contributed by atoms with Gasteiger partial charge in [0.15, 0.2) is 11.7 Å². The lowest BCUT2D eigenvalue weighted by Gasteiger charge is -2.07. The molecule has 1 aromatic heterocycles. The van der Waals surface area contributed by atoms with Crippen LogP contribution < -0.4 is 10.1 Å². The lowest BCUT2D eigenvalue weighted by molar-refractivity contribution is -0.118. The van der Waals surface area contributed by atoms with Gasteiger partial charge in [-0.05, 0) is 51.0 Å². The third-order valence-electron chi connectivity index (χ3n) is 3.07. The molecule has 1 heterocycles. The Balaban J connectivity index is 1.95. The van der Waals surface area contributed by atoms with E-state index in [0.717, 1.165) is 22.5 Å². The van der Waals surface area contributed by atoms with Crippen LogP contribution in [-0.2, 0) is 9.53 Å². The largest absolute Gasteiger partial charge is 0.484 e. The molecule has 24 heavy (non-hydrogen) atoms. The lowest BCUT2D eigenvalue weighted by Crippen LogP contribution is -2.20. The molecule has 0 aliphatic carbocycles. The maximum Gasteiger partial charge on any atom is 0.350 e. The first-order valence-corrected chi connectivity index (χ1v) is 8.36. The molecule has 0 radical (unpaired) electrons. The number of amides is 1. The predicted octanol–water partition coefficient (Wildman–Crippen LogP) is 3.26. The number of hydrogen-bond acceptors (Lipinski definition) is 6. The van der Waals surface area contributed by atoms with Gasteiger partial charge in [0.2, 0.25) is 0 Å². The van der Waals surface area contributed by atoms with Gasteiger partial charge in [0, 0.05) is 0 Å². The van der Waals surface area contributed by atoms with E-state index < -0.39 is 5.97 Å². The highest BCUT2D eigenvalue weighted by atomic mass is 32.1. The van der Waals surface area contributed by atoms with E-state index in [1.807, 2.05) is 32.0 Å². The number of benzene rings is 1. The highest BCUT2D eigenvalue weighted by Crippen LogP contribution is 2.23. The molecule has 0 saturated heterocycles. The molecule has 2 aromatic rings. The molecule has 0 bridgehead atoms. The third kappa shape index (κ3) is 4.79. The molecule has 1 N–H and O–H groups in total. The van der Waals surface area contributed by atoms with Crippen molar-refractivity contribution in [2.75, 3.05) is 18.5 Å². The van der Waals surface area contributed by atoms with Crippen LogP contribution in [0.25, 0.3) is 0 Å². The van der Waals surface area contributed by atoms with E-state index in [9.17, 15) is 9.59 Å². The topological polar surface area (TPSA) is 77.5 Å². The summed E-state index contributed by atoms with van der Waals surface area (Å²) in [6.45, 7) is 7.54. The van der Waals surface area contributed by atoms with Crippen LogP contribution in [0, 0.1) is 20.8 Å². The highest BCUT2D eigenvalue weighted by molar-refractivity contribution is 7.17. The van der Waals surface area contributed by atoms with Gasteiger partial charge in [-0.25, -0.2) is 9.78 Å². The second-order valence-corrected chi connectivity index (χ2v) is 6.31. The van der Waals surface area contributed by atoms with Crippen molar-refractivity contribution in [1.82, 2.24) is 4.98 Å². The van der Waals surface area contributed by atoms with E-state index in [4.69, 9.17) is 9.47 Å². The first kappa shape index (κ1) is 17.9. The van der Waals surface area contributed by atoms with E-state index in [1.54, 1.807) is 13.8 Å². The number of carbonyl (C=O) groups excluding carboxylic acids is 2. The molecule has 0 spiro atoms. The fourth-order valence-electron chi connectivity index (χ4n) is 2.16. The number of nitrogens with one attached hydrogen (secondary N) is 1. The van der Waals surface area contributed by atoms with Gasteiger partial charge in [0.25, 0.3) is 5.91 Å². The molecule has 0 saturated carbocycles. The van der Waals surface area contributed by atoms with Gasteiger partial charge in [-0.1, -0.05) is 17.4 Å². The number of carbonyl (C=O) groups is 2. The summed E-state index contributed by atoms with van der Waals surface area (Å²) in [5.41, 5.74) is 2.67. The Morgan fingerprint density at radius 3 is 2.46 bits per heavy atom. The number of anilines is 1. The van der Waals surface area contributed by atoms with E-state index in [2.05, 4.69) is 10.3 Å². The van der Waals surface area contributed by atoms with Crippen LogP contribution in [-0.4, -0.2) is 30.1 Å². The zero-order valence-electron chi connectivity index (χ0n) is 14.1. The minimum absolute atomic E-state index is 0.129. The third-order valence-corrected chi connectivity index (χ3v) is 4.12. The quantitative estimate of drug-likeness (QED) is 0.811. The molecular weight excluding hydrogens is 328 g/mol. The van der Waals surface area contributed by atoms with E-state index >= 15 is 0 Å². The summed E-state index contributed by atoms with van der Waals surface area (Å²) in [6, 6.07) is 5.77. The van der Waals surface area contributed by atoms with Crippen molar-refractivity contribution < 1.29 is 19.1 Å². The van der Waals surface area contributed by atoms with Crippen molar-refractivity contribution in [2.24, 2.45) is 0 Å². The fraction of sp³-hybridized carbons (Fsp3) is 0.353. The average molecular weight is 348 g/mol. The lowest BCUT2D eigenvalue weighted by atomic mass is 10.1. The molecule has 2 rings (SSSR count). The van der Waals surface area contributed by atoms with Crippen molar-refractivity contribution in [3.8, 4) is 5.75 Å². The average Bonchev–Trinajstić information content (AvgIpc) is 2.85. The second kappa shape index (κ2) is 7.92. The maximum absolute atomic E-state index is 12.0. The van der Waals surface area contributed by atoms with Gasteiger partial charge < -0.3 is 9.47 Å². The number of hydrogen-bond donors (Lipinski definition) is 1. The number of esters is 1. The molecule has 0 atom stereocenters. The Kier molecular flexibility index (Phi) is 5.92. The van der Waals surface area contributed by atoms with Crippen LogP contribution in [0.15, 0.2) is 18.2 Å². The summed E-state index contributed by atoms with van der Waals surface area (Å²) in [4.78, 5) is 28.3. The second-order valence-electron chi connectivity index (χ2n) is 5.31. The van der Waals surface area contributed by atoms with E-state index in [1.165, 1.54) is 0 Å². The van der Waals surface area contributed by atoms with Gasteiger partial charge in [-0.2, -0.15) is 0 Å². The van der Waals surface area contributed by atoms with Gasteiger partial charge in [0.05, 0.1) is 12.3 Å². The van der Waals surface area contributed by atoms with Crippen LogP contribution in [0.2, 0.25) is 0 Å². The van der Waals surface area contributed by atoms with Gasteiger partial charge in [-0.3, -0.25) is 10.1 Å². The molecule has 128 valence electrons. The number of rotatable bonds is 6. The summed E-state index contributed by atoms with van der Waals surface area (Å²) in [5, 5.41) is 2.99. The Labute approximate surface area is 144 Å². The molecule has 0 aliphatic rings. The number of thiazole rings is 1. The van der Waals surface area contributed by atoms with Crippen LogP contribution in [0.4, 0.5) is 5.13 Å². The van der Waals surface area contributed by atoms with Crippen molar-refractivity contribution in [3.63, 3.8) is 0 Å². The molecule has 7 heteroatoms. The summed E-state index contributed by atoms with van der Waals surface area (Å²) >= 11 is 1.09. The first-order valence-electron chi connectivity index (χ1n) is 7.54. The smallest absolute Gasteiger partial charge is 0.350 e. The van der Waals surface area contributed by atoms with Crippen molar-refractivity contribution in [3.05, 3.63) is 39.9 Å². The zero-order valence-corrected chi connectivity index (χ0v) is 15.0. The van der Waals surface area contributed by atoms with Gasteiger partial charge >= 0.3 is 5.97 Å². The van der Waals surface area contributed by atoms with E-state index in [0.29, 0.717) is 28.1 Å². The van der Waals surface area contributed by atoms with Crippen molar-refractivity contribution >= 4 is 28.3 Å². The maximum atomic E-state index is 12.0. The Bertz CT molecular complexity index is 735. The predicted molar refractivity (Wildman–Crippen MR) is 92.8 cm³/mol. The summed E-state index contributed by atoms with van der Waals surface area (Å²) in [5.74, 6) is -0.122. The SMILES string of the molecule is CCOC(=O)c1sc(NC(=O)COc2cc(C)cc(C)c2)nc1C. The Morgan fingerprint density at radius 2 is 1.83 bits per heavy atom. The standard InChI is InChI=1S/C17H20N2O4S/c1-5-22-16(21)15-12(4)18-17(24-15)19-14(20)9-23-13-7-10(2)6-11(3)8-13/h6-8H,5,9H2,1-4H3,(H,18,19,20). The monoisotopic (exact) mass is 348 g/mol. The van der Waals surface area contributed by atoms with Crippen LogP contribution in [0.1, 0.15) is 33.4 Å². The van der Waals surface area contributed by atoms with Gasteiger partial charge in [0.1, 0.15) is 10.6 Å². The number of aromatic nitrogens is 1. The minimum Gasteiger partial charge on any atom is -0.484 e. The number of aryl methyl sites for hydroxylation is 3. The molecule has 0 unspecified atom stereocenters. The molecule has 6 nitrogen and oxygen atoms in total. The Hall–Kier alpha value is -2.41. The van der Waals surface area contributed by atoms with Crippen LogP contribution >= 0.6 is 11.3 Å². The normalized spacial score (nSPS) is 10.3. The zero-order chi connectivity index (χ0) is 17.7. The first-order chi connectivity index (χ1) is 11.4. The molecule has 0 fully saturated rings. The molecule has 1 aromatic carbocycles. The number of nitrogens with zero attached hydrogens (tertiary/aromatic N) is 1. The number of ether oxygens (including phenoxy) is 2. The fourth-order valence-corrected chi connectivity index (χ4v) is 3.03. The van der Waals surface area contributed by atoms with Crippen LogP contribution in [0.5, 0.6) is 5.75 Å². The summed E-state index contributed by atoms with van der Waals surface area (Å²) < 4.78 is 10.4. The molecule has 0 aliphatic heterocycles.